The van der Waals surface area contributed by atoms with Gasteiger partial charge in [0.15, 0.2) is 0 Å². The van der Waals surface area contributed by atoms with Crippen LogP contribution in [0.5, 0.6) is 0 Å². The minimum absolute atomic E-state index is 0.0399. The van der Waals surface area contributed by atoms with Crippen LogP contribution in [-0.2, 0) is 11.2 Å². The fourth-order valence-corrected chi connectivity index (χ4v) is 2.79. The molecule has 3 N–H and O–H groups in total. The van der Waals surface area contributed by atoms with Crippen molar-refractivity contribution in [1.82, 2.24) is 20.3 Å². The molecule has 0 aromatic carbocycles. The lowest BCUT2D eigenvalue weighted by molar-refractivity contribution is -0.122. The molecule has 23 heavy (non-hydrogen) atoms. The zero-order valence-corrected chi connectivity index (χ0v) is 12.5. The topological polar surface area (TPSA) is 108 Å². The summed E-state index contributed by atoms with van der Waals surface area (Å²) in [6, 6.07) is 5.27. The van der Waals surface area contributed by atoms with Crippen molar-refractivity contribution in [2.45, 2.75) is 31.4 Å². The summed E-state index contributed by atoms with van der Waals surface area (Å²) in [6.07, 6.45) is 5.27. The van der Waals surface area contributed by atoms with E-state index in [1.807, 2.05) is 18.2 Å². The number of hydrogen-bond acceptors (Lipinski definition) is 5. The Morgan fingerprint density at radius 3 is 2.91 bits per heavy atom. The summed E-state index contributed by atoms with van der Waals surface area (Å²) in [5.74, 6) is -0.114. The van der Waals surface area contributed by atoms with Crippen molar-refractivity contribution in [3.8, 4) is 0 Å². The van der Waals surface area contributed by atoms with Gasteiger partial charge < -0.3 is 15.4 Å². The van der Waals surface area contributed by atoms with Gasteiger partial charge in [-0.1, -0.05) is 6.07 Å². The Morgan fingerprint density at radius 1 is 1.43 bits per heavy atom. The summed E-state index contributed by atoms with van der Waals surface area (Å²) in [6.45, 7) is 0. The number of aliphatic hydroxyl groups is 1. The highest BCUT2D eigenvalue weighted by molar-refractivity contribution is 5.78. The molecule has 7 heteroatoms. The largest absolute Gasteiger partial charge is 0.393 e. The summed E-state index contributed by atoms with van der Waals surface area (Å²) in [7, 11) is 0. The summed E-state index contributed by atoms with van der Waals surface area (Å²) < 4.78 is 0. The van der Waals surface area contributed by atoms with Crippen molar-refractivity contribution in [3.05, 3.63) is 58.5 Å². The predicted molar refractivity (Wildman–Crippen MR) is 82.4 cm³/mol. The first kappa shape index (κ1) is 15.4. The van der Waals surface area contributed by atoms with Gasteiger partial charge in [-0.25, -0.2) is 4.98 Å². The third-order valence-corrected chi connectivity index (χ3v) is 4.09. The third-order valence-electron chi connectivity index (χ3n) is 4.09. The SMILES string of the molecule is O=C(Cc1cnc[nH]c1=O)NC(c1ccccn1)C1CC(O)C1. The number of carbonyl (C=O) groups excluding carboxylic acids is 1. The van der Waals surface area contributed by atoms with Gasteiger partial charge in [0, 0.05) is 18.0 Å². The van der Waals surface area contributed by atoms with Gasteiger partial charge in [-0.3, -0.25) is 14.6 Å². The molecule has 1 fully saturated rings. The van der Waals surface area contributed by atoms with Gasteiger partial charge in [0.1, 0.15) is 0 Å². The Balaban J connectivity index is 1.72. The molecule has 1 amide bonds. The van der Waals surface area contributed by atoms with Gasteiger partial charge in [0.25, 0.3) is 5.56 Å². The van der Waals surface area contributed by atoms with Gasteiger partial charge in [-0.2, -0.15) is 0 Å². The number of rotatable bonds is 5. The van der Waals surface area contributed by atoms with E-state index in [0.29, 0.717) is 18.4 Å². The van der Waals surface area contributed by atoms with Crippen molar-refractivity contribution in [2.75, 3.05) is 0 Å². The number of hydrogen-bond donors (Lipinski definition) is 3. The van der Waals surface area contributed by atoms with E-state index in [4.69, 9.17) is 0 Å². The zero-order chi connectivity index (χ0) is 16.2. The number of carbonyl (C=O) groups is 1. The molecule has 2 heterocycles. The van der Waals surface area contributed by atoms with E-state index in [-0.39, 0.29) is 36.0 Å². The van der Waals surface area contributed by atoms with Gasteiger partial charge in [0.2, 0.25) is 5.91 Å². The predicted octanol–water partition coefficient (Wildman–Crippen LogP) is 0.336. The fourth-order valence-electron chi connectivity index (χ4n) is 2.79. The summed E-state index contributed by atoms with van der Waals surface area (Å²) in [5, 5.41) is 12.5. The first-order chi connectivity index (χ1) is 11.1. The number of nitrogens with one attached hydrogen (secondary N) is 2. The van der Waals surface area contributed by atoms with Crippen molar-refractivity contribution in [1.29, 1.82) is 0 Å². The monoisotopic (exact) mass is 314 g/mol. The number of nitrogens with zero attached hydrogens (tertiary/aromatic N) is 2. The second-order valence-electron chi connectivity index (χ2n) is 5.77. The van der Waals surface area contributed by atoms with Gasteiger partial charge in [-0.15, -0.1) is 0 Å². The standard InChI is InChI=1S/C16H18N4O3/c21-12-5-10(6-12)15(13-3-1-2-4-18-13)20-14(22)7-11-8-17-9-19-16(11)23/h1-4,8-10,12,15,21H,5-7H2,(H,20,22)(H,17,19,23). The number of aromatic nitrogens is 3. The second kappa shape index (κ2) is 6.70. The molecular formula is C16H18N4O3. The number of pyridine rings is 1. The van der Waals surface area contributed by atoms with Crippen LogP contribution in [0.3, 0.4) is 0 Å². The molecule has 0 spiro atoms. The smallest absolute Gasteiger partial charge is 0.254 e. The maximum absolute atomic E-state index is 12.3. The number of H-pyrrole nitrogens is 1. The molecule has 0 radical (unpaired) electrons. The fraction of sp³-hybridized carbons (Fsp3) is 0.375. The molecule has 120 valence electrons. The Hall–Kier alpha value is -2.54. The average Bonchev–Trinajstić information content (AvgIpc) is 2.53. The number of amides is 1. The van der Waals surface area contributed by atoms with Gasteiger partial charge in [-0.05, 0) is 30.9 Å². The lowest BCUT2D eigenvalue weighted by Crippen LogP contribution is -2.42. The van der Waals surface area contributed by atoms with E-state index in [1.54, 1.807) is 6.20 Å². The molecule has 2 aromatic rings. The Labute approximate surface area is 132 Å². The number of aliphatic hydroxyl groups excluding tert-OH is 1. The van der Waals surface area contributed by atoms with Crippen LogP contribution in [0.15, 0.2) is 41.7 Å². The molecule has 3 rings (SSSR count). The van der Waals surface area contributed by atoms with Crippen molar-refractivity contribution < 1.29 is 9.90 Å². The molecule has 1 saturated carbocycles. The van der Waals surface area contributed by atoms with E-state index in [9.17, 15) is 14.7 Å². The molecule has 7 nitrogen and oxygen atoms in total. The van der Waals surface area contributed by atoms with Crippen molar-refractivity contribution in [2.24, 2.45) is 5.92 Å². The Morgan fingerprint density at radius 2 is 2.26 bits per heavy atom. The van der Waals surface area contributed by atoms with Crippen LogP contribution >= 0.6 is 0 Å². The average molecular weight is 314 g/mol. The summed E-state index contributed by atoms with van der Waals surface area (Å²) in [4.78, 5) is 34.5. The first-order valence-electron chi connectivity index (χ1n) is 7.53. The highest BCUT2D eigenvalue weighted by Gasteiger charge is 2.36. The highest BCUT2D eigenvalue weighted by Crippen LogP contribution is 2.37. The lowest BCUT2D eigenvalue weighted by Gasteiger charge is -2.37. The summed E-state index contributed by atoms with van der Waals surface area (Å²) in [5.41, 5.74) is 0.764. The van der Waals surface area contributed by atoms with Crippen LogP contribution in [-0.4, -0.2) is 32.1 Å². The third kappa shape index (κ3) is 3.62. The minimum Gasteiger partial charge on any atom is -0.393 e. The first-order valence-corrected chi connectivity index (χ1v) is 7.53. The van der Waals surface area contributed by atoms with Crippen molar-refractivity contribution in [3.63, 3.8) is 0 Å². The van der Waals surface area contributed by atoms with Crippen LogP contribution < -0.4 is 10.9 Å². The highest BCUT2D eigenvalue weighted by atomic mass is 16.3. The molecule has 0 saturated heterocycles. The zero-order valence-electron chi connectivity index (χ0n) is 12.5. The second-order valence-corrected chi connectivity index (χ2v) is 5.77. The molecular weight excluding hydrogens is 296 g/mol. The maximum Gasteiger partial charge on any atom is 0.254 e. The molecule has 2 aromatic heterocycles. The normalized spacial score (nSPS) is 21.3. The van der Waals surface area contributed by atoms with Crippen LogP contribution in [0, 0.1) is 5.92 Å². The van der Waals surface area contributed by atoms with Crippen molar-refractivity contribution >= 4 is 5.91 Å². The minimum atomic E-state index is -0.316. The van der Waals surface area contributed by atoms with E-state index in [2.05, 4.69) is 20.3 Å². The lowest BCUT2D eigenvalue weighted by atomic mass is 9.76. The van der Waals surface area contributed by atoms with E-state index in [1.165, 1.54) is 12.5 Å². The van der Waals surface area contributed by atoms with Crippen LogP contribution in [0.4, 0.5) is 0 Å². The molecule has 1 atom stereocenters. The van der Waals surface area contributed by atoms with E-state index in [0.717, 1.165) is 5.69 Å². The van der Waals surface area contributed by atoms with Gasteiger partial charge >= 0.3 is 0 Å². The van der Waals surface area contributed by atoms with Crippen LogP contribution in [0.25, 0.3) is 0 Å². The molecule has 0 aliphatic heterocycles. The Kier molecular flexibility index (Phi) is 4.47. The van der Waals surface area contributed by atoms with E-state index >= 15 is 0 Å². The Bertz CT molecular complexity index is 725. The van der Waals surface area contributed by atoms with E-state index < -0.39 is 0 Å². The van der Waals surface area contributed by atoms with Crippen LogP contribution in [0.2, 0.25) is 0 Å². The molecule has 1 unspecified atom stereocenters. The number of aromatic amines is 1. The molecule has 1 aliphatic carbocycles. The quantitative estimate of drug-likeness (QED) is 0.737. The molecule has 0 bridgehead atoms. The van der Waals surface area contributed by atoms with Crippen LogP contribution in [0.1, 0.15) is 30.1 Å². The molecule has 1 aliphatic rings. The maximum atomic E-state index is 12.3. The van der Waals surface area contributed by atoms with Gasteiger partial charge in [0.05, 0.1) is 30.6 Å². The summed E-state index contributed by atoms with van der Waals surface area (Å²) >= 11 is 0.